The van der Waals surface area contributed by atoms with Crippen LogP contribution in [-0.2, 0) is 14.3 Å². The number of nitrogens with zero attached hydrogens (tertiary/aromatic N) is 2. The van der Waals surface area contributed by atoms with Crippen LogP contribution < -0.4 is 0 Å². The second kappa shape index (κ2) is 8.10. The summed E-state index contributed by atoms with van der Waals surface area (Å²) >= 11 is 6.19. The Hall–Kier alpha value is -2.38. The molecular weight excluding hydrogens is 372 g/mol. The monoisotopic (exact) mass is 392 g/mol. The van der Waals surface area contributed by atoms with Gasteiger partial charge in [-0.25, -0.2) is 4.79 Å². The number of benzene rings is 1. The van der Waals surface area contributed by atoms with Gasteiger partial charge in [0.2, 0.25) is 0 Å². The lowest BCUT2D eigenvalue weighted by Crippen LogP contribution is -2.49. The number of hydrogen-bond acceptors (Lipinski definition) is 6. The quantitative estimate of drug-likeness (QED) is 0.743. The smallest absolute Gasteiger partial charge is 0.344 e. The summed E-state index contributed by atoms with van der Waals surface area (Å²) in [6.07, 6.45) is -0.110. The molecule has 0 aliphatic carbocycles. The van der Waals surface area contributed by atoms with Crippen LogP contribution in [0.15, 0.2) is 28.8 Å². The number of aryl methyl sites for hydroxylation is 1. The summed E-state index contributed by atoms with van der Waals surface area (Å²) in [6.45, 7) is 5.99. The van der Waals surface area contributed by atoms with Crippen LogP contribution in [0, 0.1) is 6.92 Å². The van der Waals surface area contributed by atoms with E-state index in [9.17, 15) is 9.59 Å². The lowest BCUT2D eigenvalue weighted by molar-refractivity contribution is -0.146. The lowest BCUT2D eigenvalue weighted by Gasteiger charge is -2.35. The van der Waals surface area contributed by atoms with Gasteiger partial charge < -0.3 is 18.9 Å². The molecule has 1 aliphatic rings. The van der Waals surface area contributed by atoms with Gasteiger partial charge in [0.25, 0.3) is 5.91 Å². The molecule has 0 radical (unpaired) electrons. The van der Waals surface area contributed by atoms with Crippen molar-refractivity contribution >= 4 is 23.5 Å². The van der Waals surface area contributed by atoms with Crippen molar-refractivity contribution in [1.82, 2.24) is 10.1 Å². The van der Waals surface area contributed by atoms with E-state index in [4.69, 9.17) is 25.6 Å². The molecule has 0 unspecified atom stereocenters. The van der Waals surface area contributed by atoms with Crippen molar-refractivity contribution < 1.29 is 23.6 Å². The number of carbonyl (C=O) groups excluding carboxylic acids is 2. The van der Waals surface area contributed by atoms with E-state index in [1.807, 2.05) is 13.8 Å². The molecule has 2 atom stereocenters. The van der Waals surface area contributed by atoms with Crippen molar-refractivity contribution in [2.24, 2.45) is 0 Å². The molecule has 0 bridgehead atoms. The average molecular weight is 393 g/mol. The van der Waals surface area contributed by atoms with Crippen LogP contribution in [-0.4, -0.2) is 53.8 Å². The highest BCUT2D eigenvalue weighted by Gasteiger charge is 2.28. The highest BCUT2D eigenvalue weighted by atomic mass is 35.5. The number of halogens is 1. The van der Waals surface area contributed by atoms with Crippen molar-refractivity contribution in [1.29, 1.82) is 0 Å². The summed E-state index contributed by atoms with van der Waals surface area (Å²) in [5.74, 6) is -0.638. The Bertz CT molecular complexity index is 840. The van der Waals surface area contributed by atoms with Gasteiger partial charge >= 0.3 is 5.97 Å². The van der Waals surface area contributed by atoms with Crippen molar-refractivity contribution in [3.8, 4) is 11.3 Å². The predicted molar refractivity (Wildman–Crippen MR) is 98.6 cm³/mol. The van der Waals surface area contributed by atoms with Crippen LogP contribution in [0.2, 0.25) is 5.02 Å². The molecule has 144 valence electrons. The van der Waals surface area contributed by atoms with Gasteiger partial charge in [0.15, 0.2) is 6.61 Å². The van der Waals surface area contributed by atoms with Crippen molar-refractivity contribution in [2.75, 3.05) is 19.7 Å². The second-order valence-corrected chi connectivity index (χ2v) is 6.98. The van der Waals surface area contributed by atoms with E-state index >= 15 is 0 Å². The minimum Gasteiger partial charge on any atom is -0.452 e. The molecule has 8 heteroatoms. The third kappa shape index (κ3) is 4.31. The van der Waals surface area contributed by atoms with E-state index in [1.54, 1.807) is 36.1 Å². The maximum absolute atomic E-state index is 12.6. The molecule has 0 saturated carbocycles. The number of ether oxygens (including phenoxy) is 2. The van der Waals surface area contributed by atoms with Gasteiger partial charge in [0, 0.05) is 18.7 Å². The molecule has 1 aromatic carbocycles. The summed E-state index contributed by atoms with van der Waals surface area (Å²) in [6, 6.07) is 6.99. The molecule has 1 aliphatic heterocycles. The van der Waals surface area contributed by atoms with Crippen LogP contribution in [0.1, 0.15) is 30.0 Å². The first-order valence-electron chi connectivity index (χ1n) is 8.68. The normalized spacial score (nSPS) is 19.8. The summed E-state index contributed by atoms with van der Waals surface area (Å²) in [7, 11) is 0. The predicted octanol–water partition coefficient (Wildman–Crippen LogP) is 3.10. The molecule has 2 aromatic rings. The van der Waals surface area contributed by atoms with Gasteiger partial charge in [0.1, 0.15) is 17.0 Å². The average Bonchev–Trinajstić information content (AvgIpc) is 3.00. The first kappa shape index (κ1) is 19.4. The number of rotatable bonds is 4. The molecule has 0 spiro atoms. The molecule has 1 amide bonds. The fourth-order valence-electron chi connectivity index (χ4n) is 3.12. The summed E-state index contributed by atoms with van der Waals surface area (Å²) in [4.78, 5) is 26.6. The molecule has 1 saturated heterocycles. The molecule has 0 N–H and O–H groups in total. The van der Waals surface area contributed by atoms with Gasteiger partial charge in [-0.3, -0.25) is 4.79 Å². The van der Waals surface area contributed by atoms with Gasteiger partial charge in [-0.2, -0.15) is 0 Å². The Morgan fingerprint density at radius 1 is 1.26 bits per heavy atom. The third-order valence-electron chi connectivity index (χ3n) is 4.29. The number of carbonyl (C=O) groups is 2. The maximum atomic E-state index is 12.6. The Kier molecular flexibility index (Phi) is 5.82. The highest BCUT2D eigenvalue weighted by Crippen LogP contribution is 2.31. The first-order valence-corrected chi connectivity index (χ1v) is 9.06. The van der Waals surface area contributed by atoms with E-state index in [-0.39, 0.29) is 30.3 Å². The van der Waals surface area contributed by atoms with Gasteiger partial charge in [-0.05, 0) is 26.8 Å². The topological polar surface area (TPSA) is 81.9 Å². The largest absolute Gasteiger partial charge is 0.452 e. The van der Waals surface area contributed by atoms with E-state index < -0.39 is 5.97 Å². The second-order valence-electron chi connectivity index (χ2n) is 6.57. The minimum atomic E-state index is -0.675. The number of amides is 1. The van der Waals surface area contributed by atoms with E-state index in [0.717, 1.165) is 0 Å². The van der Waals surface area contributed by atoms with Gasteiger partial charge in [-0.15, -0.1) is 0 Å². The first-order chi connectivity index (χ1) is 12.9. The van der Waals surface area contributed by atoms with E-state index in [2.05, 4.69) is 5.16 Å². The molecule has 2 heterocycles. The molecule has 27 heavy (non-hydrogen) atoms. The van der Waals surface area contributed by atoms with Crippen LogP contribution >= 0.6 is 11.6 Å². The van der Waals surface area contributed by atoms with E-state index in [1.165, 1.54) is 0 Å². The Morgan fingerprint density at radius 3 is 2.59 bits per heavy atom. The molecule has 1 fully saturated rings. The van der Waals surface area contributed by atoms with Gasteiger partial charge in [0.05, 0.1) is 17.2 Å². The van der Waals surface area contributed by atoms with Crippen LogP contribution in [0.5, 0.6) is 0 Å². The zero-order valence-corrected chi connectivity index (χ0v) is 16.2. The number of morpholine rings is 1. The van der Waals surface area contributed by atoms with Crippen LogP contribution in [0.4, 0.5) is 0 Å². The van der Waals surface area contributed by atoms with Crippen LogP contribution in [0.25, 0.3) is 11.3 Å². The van der Waals surface area contributed by atoms with Crippen molar-refractivity contribution in [3.63, 3.8) is 0 Å². The summed E-state index contributed by atoms with van der Waals surface area (Å²) in [5, 5.41) is 4.37. The number of esters is 1. The van der Waals surface area contributed by atoms with Crippen molar-refractivity contribution in [2.45, 2.75) is 33.0 Å². The zero-order valence-electron chi connectivity index (χ0n) is 15.4. The van der Waals surface area contributed by atoms with E-state index in [0.29, 0.717) is 35.1 Å². The van der Waals surface area contributed by atoms with Gasteiger partial charge in [-0.1, -0.05) is 35.0 Å². The molecule has 1 aromatic heterocycles. The lowest BCUT2D eigenvalue weighted by atomic mass is 10.1. The van der Waals surface area contributed by atoms with Crippen molar-refractivity contribution in [3.05, 3.63) is 40.6 Å². The Labute approximate surface area is 162 Å². The summed E-state index contributed by atoms with van der Waals surface area (Å²) < 4.78 is 16.0. The fraction of sp³-hybridized carbons (Fsp3) is 0.421. The summed E-state index contributed by atoms with van der Waals surface area (Å²) in [5.41, 5.74) is 1.02. The number of aromatic nitrogens is 1. The van der Waals surface area contributed by atoms with Crippen LogP contribution in [0.3, 0.4) is 0 Å². The zero-order chi connectivity index (χ0) is 19.6. The minimum absolute atomic E-state index is 0.0551. The third-order valence-corrected chi connectivity index (χ3v) is 4.62. The Balaban J connectivity index is 1.71. The highest BCUT2D eigenvalue weighted by molar-refractivity contribution is 6.33. The SMILES string of the molecule is Cc1onc(-c2ccccc2Cl)c1C(=O)OCC(=O)N1C[C@@H](C)O[C@H](C)C1. The Morgan fingerprint density at radius 2 is 1.93 bits per heavy atom. The molecular formula is C19H21ClN2O5. The standard InChI is InChI=1S/C19H21ClN2O5/c1-11-8-22(9-12(2)26-11)16(23)10-25-19(24)17-13(3)27-21-18(17)14-6-4-5-7-15(14)20/h4-7,11-12H,8-10H2,1-3H3/t11-,12-/m1/s1. The fourth-order valence-corrected chi connectivity index (χ4v) is 3.35. The molecule has 3 rings (SSSR count). The maximum Gasteiger partial charge on any atom is 0.344 e. The number of hydrogen-bond donors (Lipinski definition) is 0. The molecule has 7 nitrogen and oxygen atoms in total.